The van der Waals surface area contributed by atoms with Gasteiger partial charge < -0.3 is 10.1 Å². The van der Waals surface area contributed by atoms with Crippen LogP contribution in [0, 0.1) is 10.1 Å². The van der Waals surface area contributed by atoms with E-state index in [0.29, 0.717) is 10.6 Å². The lowest BCUT2D eigenvalue weighted by Gasteiger charge is -2.08. The van der Waals surface area contributed by atoms with E-state index in [4.69, 9.17) is 11.6 Å². The highest BCUT2D eigenvalue weighted by Gasteiger charge is 2.29. The fraction of sp³-hybridized carbons (Fsp3) is 0.222. The summed E-state index contributed by atoms with van der Waals surface area (Å²) in [6.07, 6.45) is -0.584. The number of hydrogen-bond acceptors (Lipinski definition) is 4. The summed E-state index contributed by atoms with van der Waals surface area (Å²) in [4.78, 5) is 21.1. The summed E-state index contributed by atoms with van der Waals surface area (Å²) in [5.41, 5.74) is 0.267. The molecule has 0 radical (unpaired) electrons. The maximum absolute atomic E-state index is 10.9. The number of cyclic esters (lactones) is 1. The minimum atomic E-state index is -0.584. The van der Waals surface area contributed by atoms with Crippen LogP contribution in [0.3, 0.4) is 0 Å². The normalized spacial score (nSPS) is 17.9. The Morgan fingerprint density at radius 1 is 1.53 bits per heavy atom. The van der Waals surface area contributed by atoms with Gasteiger partial charge in [0.2, 0.25) is 0 Å². The Balaban J connectivity index is 0.00000144. The second kappa shape index (κ2) is 5.20. The number of rotatable bonds is 2. The van der Waals surface area contributed by atoms with Crippen molar-refractivity contribution in [3.63, 3.8) is 0 Å². The number of carbonyl (C=O) groups is 1. The molecule has 1 aliphatic heterocycles. The van der Waals surface area contributed by atoms with Gasteiger partial charge in [-0.05, 0) is 12.1 Å². The number of nitro benzene ring substituents is 1. The zero-order valence-electron chi connectivity index (χ0n) is 8.38. The van der Waals surface area contributed by atoms with Gasteiger partial charge in [0.1, 0.15) is 6.61 Å². The van der Waals surface area contributed by atoms with E-state index >= 15 is 0 Å². The van der Waals surface area contributed by atoms with Crippen LogP contribution in [0.4, 0.5) is 10.5 Å². The van der Waals surface area contributed by atoms with E-state index in [1.54, 1.807) is 0 Å². The maximum Gasteiger partial charge on any atom is 0.407 e. The molecule has 6 nitrogen and oxygen atoms in total. The van der Waals surface area contributed by atoms with Crippen LogP contribution >= 0.6 is 24.0 Å². The molecule has 0 saturated carbocycles. The molecular formula is C9H8Cl2N2O4. The number of benzene rings is 1. The van der Waals surface area contributed by atoms with Gasteiger partial charge in [0.05, 0.1) is 16.5 Å². The first-order valence-corrected chi connectivity index (χ1v) is 4.83. The Labute approximate surface area is 107 Å². The molecule has 1 saturated heterocycles. The van der Waals surface area contributed by atoms with E-state index < -0.39 is 17.1 Å². The highest BCUT2D eigenvalue weighted by Crippen LogP contribution is 2.30. The summed E-state index contributed by atoms with van der Waals surface area (Å²) < 4.78 is 4.68. The zero-order chi connectivity index (χ0) is 11.7. The van der Waals surface area contributed by atoms with Crippen LogP contribution in [0.1, 0.15) is 11.6 Å². The summed E-state index contributed by atoms with van der Waals surface area (Å²) in [7, 11) is 0. The van der Waals surface area contributed by atoms with Crippen LogP contribution < -0.4 is 5.32 Å². The van der Waals surface area contributed by atoms with Gasteiger partial charge in [0.15, 0.2) is 0 Å². The Morgan fingerprint density at radius 3 is 2.76 bits per heavy atom. The van der Waals surface area contributed by atoms with Crippen LogP contribution in [0.2, 0.25) is 5.02 Å². The number of amides is 1. The molecule has 92 valence electrons. The molecule has 1 aromatic rings. The number of carbonyl (C=O) groups excluding carboxylic acids is 1. The first kappa shape index (κ1) is 13.5. The van der Waals surface area contributed by atoms with Gasteiger partial charge in [-0.2, -0.15) is 0 Å². The first-order chi connectivity index (χ1) is 7.58. The van der Waals surface area contributed by atoms with Crippen LogP contribution in [0.25, 0.3) is 0 Å². The van der Waals surface area contributed by atoms with Crippen molar-refractivity contribution in [1.82, 2.24) is 5.32 Å². The number of alkyl carbamates (subject to hydrolysis) is 1. The Hall–Kier alpha value is -1.53. The van der Waals surface area contributed by atoms with Crippen molar-refractivity contribution in [2.75, 3.05) is 6.61 Å². The van der Waals surface area contributed by atoms with Crippen molar-refractivity contribution in [3.05, 3.63) is 38.9 Å². The summed E-state index contributed by atoms with van der Waals surface area (Å²) in [6, 6.07) is 3.68. The van der Waals surface area contributed by atoms with Crippen LogP contribution in [-0.4, -0.2) is 17.6 Å². The molecule has 1 amide bonds. The predicted molar refractivity (Wildman–Crippen MR) is 62.6 cm³/mol. The molecule has 1 fully saturated rings. The van der Waals surface area contributed by atoms with E-state index in [1.807, 2.05) is 0 Å². The van der Waals surface area contributed by atoms with Gasteiger partial charge in [-0.25, -0.2) is 4.79 Å². The summed E-state index contributed by atoms with van der Waals surface area (Å²) >= 11 is 5.76. The molecule has 1 aromatic carbocycles. The molecule has 1 heterocycles. The number of nitro groups is 1. The number of nitrogens with zero attached hydrogens (tertiary/aromatic N) is 1. The van der Waals surface area contributed by atoms with Gasteiger partial charge in [-0.3, -0.25) is 10.1 Å². The number of hydrogen-bond donors (Lipinski definition) is 1. The first-order valence-electron chi connectivity index (χ1n) is 4.45. The SMILES string of the molecule is Cl.O=C1N[C@H](c2cc(Cl)ccc2[N+](=O)[O-])CO1. The topological polar surface area (TPSA) is 81.5 Å². The van der Waals surface area contributed by atoms with E-state index in [2.05, 4.69) is 10.1 Å². The minimum Gasteiger partial charge on any atom is -0.447 e. The third-order valence-corrected chi connectivity index (χ3v) is 2.47. The molecular weight excluding hydrogens is 271 g/mol. The van der Waals surface area contributed by atoms with Crippen molar-refractivity contribution < 1.29 is 14.5 Å². The molecule has 0 aromatic heterocycles. The third kappa shape index (κ3) is 2.78. The van der Waals surface area contributed by atoms with Crippen LogP contribution in [0.15, 0.2) is 18.2 Å². The lowest BCUT2D eigenvalue weighted by molar-refractivity contribution is -0.385. The van der Waals surface area contributed by atoms with Gasteiger partial charge in [0, 0.05) is 11.1 Å². The molecule has 1 N–H and O–H groups in total. The summed E-state index contributed by atoms with van der Waals surface area (Å²) in [5, 5.41) is 13.6. The molecule has 0 bridgehead atoms. The predicted octanol–water partition coefficient (Wildman–Crippen LogP) is 2.45. The van der Waals surface area contributed by atoms with Crippen molar-refractivity contribution in [1.29, 1.82) is 0 Å². The van der Waals surface area contributed by atoms with E-state index in [1.165, 1.54) is 18.2 Å². The molecule has 17 heavy (non-hydrogen) atoms. The van der Waals surface area contributed by atoms with Crippen molar-refractivity contribution >= 4 is 35.8 Å². The fourth-order valence-corrected chi connectivity index (χ4v) is 1.70. The summed E-state index contributed by atoms with van der Waals surface area (Å²) in [6.45, 7) is 0.0695. The molecule has 0 unspecified atom stereocenters. The largest absolute Gasteiger partial charge is 0.447 e. The Kier molecular flexibility index (Phi) is 4.14. The number of ether oxygens (including phenoxy) is 1. The maximum atomic E-state index is 10.9. The fourth-order valence-electron chi connectivity index (χ4n) is 1.52. The van der Waals surface area contributed by atoms with Crippen molar-refractivity contribution in [3.8, 4) is 0 Å². The molecule has 2 rings (SSSR count). The number of nitrogens with one attached hydrogen (secondary N) is 1. The minimum absolute atomic E-state index is 0. The highest BCUT2D eigenvalue weighted by molar-refractivity contribution is 6.30. The Bertz CT molecular complexity index is 466. The smallest absolute Gasteiger partial charge is 0.407 e. The molecule has 0 aliphatic carbocycles. The van der Waals surface area contributed by atoms with Crippen LogP contribution in [-0.2, 0) is 4.74 Å². The molecule has 8 heteroatoms. The molecule has 0 spiro atoms. The van der Waals surface area contributed by atoms with Gasteiger partial charge in [-0.1, -0.05) is 11.6 Å². The standard InChI is InChI=1S/C9H7ClN2O4.ClH/c10-5-1-2-8(12(14)15)6(3-5)7-4-16-9(13)11-7;/h1-3,7H,4H2,(H,11,13);1H/t7-;/m0./s1. The molecule has 1 aliphatic rings. The van der Waals surface area contributed by atoms with Gasteiger partial charge in [0.25, 0.3) is 5.69 Å². The average molecular weight is 279 g/mol. The third-order valence-electron chi connectivity index (χ3n) is 2.23. The zero-order valence-corrected chi connectivity index (χ0v) is 9.96. The van der Waals surface area contributed by atoms with Crippen molar-refractivity contribution in [2.24, 2.45) is 0 Å². The second-order valence-electron chi connectivity index (χ2n) is 3.26. The van der Waals surface area contributed by atoms with Crippen LogP contribution in [0.5, 0.6) is 0 Å². The Morgan fingerprint density at radius 2 is 2.24 bits per heavy atom. The monoisotopic (exact) mass is 278 g/mol. The van der Waals surface area contributed by atoms with Gasteiger partial charge >= 0.3 is 6.09 Å². The van der Waals surface area contributed by atoms with E-state index in [-0.39, 0.29) is 24.7 Å². The highest BCUT2D eigenvalue weighted by atomic mass is 35.5. The molecule has 1 atom stereocenters. The van der Waals surface area contributed by atoms with E-state index in [0.717, 1.165) is 0 Å². The quantitative estimate of drug-likeness (QED) is 0.666. The lowest BCUT2D eigenvalue weighted by Crippen LogP contribution is -2.19. The van der Waals surface area contributed by atoms with Crippen molar-refractivity contribution in [2.45, 2.75) is 6.04 Å². The lowest BCUT2D eigenvalue weighted by atomic mass is 10.1. The second-order valence-corrected chi connectivity index (χ2v) is 3.69. The average Bonchev–Trinajstić information content (AvgIpc) is 2.64. The van der Waals surface area contributed by atoms with E-state index in [9.17, 15) is 14.9 Å². The van der Waals surface area contributed by atoms with Gasteiger partial charge in [-0.15, -0.1) is 12.4 Å². The number of halogens is 2. The summed E-state index contributed by atoms with van der Waals surface area (Å²) in [5.74, 6) is 0.